The Kier molecular flexibility index (Phi) is 4.62. The van der Waals surface area contributed by atoms with Crippen molar-refractivity contribution in [2.45, 2.75) is 31.1 Å². The van der Waals surface area contributed by atoms with Crippen molar-refractivity contribution in [3.05, 3.63) is 28.2 Å². The van der Waals surface area contributed by atoms with E-state index in [0.29, 0.717) is 0 Å². The molecular weight excluding hydrogens is 310 g/mol. The Labute approximate surface area is 122 Å². The summed E-state index contributed by atoms with van der Waals surface area (Å²) in [5, 5.41) is 3.51. The van der Waals surface area contributed by atoms with Gasteiger partial charge in [0.2, 0.25) is 0 Å². The minimum atomic E-state index is 0.270. The van der Waals surface area contributed by atoms with E-state index >= 15 is 0 Å². The smallest absolute Gasteiger partial charge is 0.123 e. The molecule has 0 saturated heterocycles. The third-order valence-electron chi connectivity index (χ3n) is 3.24. The highest BCUT2D eigenvalue weighted by Gasteiger charge is 2.23. The van der Waals surface area contributed by atoms with Crippen LogP contribution in [0, 0.1) is 0 Å². The molecule has 1 unspecified atom stereocenters. The van der Waals surface area contributed by atoms with Gasteiger partial charge in [-0.15, -0.1) is 0 Å². The number of hydrogen-bond donors (Lipinski definition) is 1. The second kappa shape index (κ2) is 5.85. The fourth-order valence-corrected chi connectivity index (χ4v) is 2.66. The lowest BCUT2D eigenvalue weighted by Gasteiger charge is -2.23. The van der Waals surface area contributed by atoms with E-state index in [-0.39, 0.29) is 10.9 Å². The van der Waals surface area contributed by atoms with E-state index in [4.69, 9.17) is 4.74 Å². The summed E-state index contributed by atoms with van der Waals surface area (Å²) in [5.74, 6) is 1.04. The third kappa shape index (κ3) is 3.65. The van der Waals surface area contributed by atoms with Crippen molar-refractivity contribution in [3.8, 4) is 5.75 Å². The maximum absolute atomic E-state index is 5.92. The molecule has 2 nitrogen and oxygen atoms in total. The van der Waals surface area contributed by atoms with Gasteiger partial charge in [-0.25, -0.2) is 0 Å². The predicted octanol–water partition coefficient (Wildman–Crippen LogP) is 3.48. The summed E-state index contributed by atoms with van der Waals surface area (Å²) < 4.78 is 7.33. The first kappa shape index (κ1) is 14.2. The van der Waals surface area contributed by atoms with Crippen LogP contribution in [0.5, 0.6) is 5.75 Å². The van der Waals surface area contributed by atoms with Crippen molar-refractivity contribution in [1.82, 2.24) is 5.32 Å². The van der Waals surface area contributed by atoms with Crippen LogP contribution in [0.4, 0.5) is 0 Å². The molecule has 1 heterocycles. The number of thioether (sulfide) groups is 1. The van der Waals surface area contributed by atoms with Crippen molar-refractivity contribution in [2.75, 3.05) is 19.3 Å². The highest BCUT2D eigenvalue weighted by molar-refractivity contribution is 9.10. The molecule has 0 radical (unpaired) electrons. The Morgan fingerprint density at radius 3 is 3.00 bits per heavy atom. The van der Waals surface area contributed by atoms with E-state index < -0.39 is 0 Å². The summed E-state index contributed by atoms with van der Waals surface area (Å²) in [7, 11) is 0. The quantitative estimate of drug-likeness (QED) is 0.893. The second-order valence-corrected chi connectivity index (χ2v) is 7.72. The van der Waals surface area contributed by atoms with Crippen molar-refractivity contribution < 1.29 is 4.74 Å². The largest absolute Gasteiger partial charge is 0.488 e. The molecule has 1 aliphatic heterocycles. The topological polar surface area (TPSA) is 21.3 Å². The molecule has 1 N–H and O–H groups in total. The zero-order chi connectivity index (χ0) is 13.2. The Hall–Kier alpha value is -0.190. The lowest BCUT2D eigenvalue weighted by molar-refractivity contribution is 0.227. The highest BCUT2D eigenvalue weighted by atomic mass is 79.9. The first-order valence-electron chi connectivity index (χ1n) is 6.21. The Bertz CT molecular complexity index is 422. The first-order chi connectivity index (χ1) is 8.50. The lowest BCUT2D eigenvalue weighted by atomic mass is 10.1. The second-order valence-electron chi connectivity index (χ2n) is 5.29. The molecule has 0 amide bonds. The first-order valence-corrected chi connectivity index (χ1v) is 8.23. The maximum atomic E-state index is 5.92. The van der Waals surface area contributed by atoms with Gasteiger partial charge in [-0.1, -0.05) is 15.9 Å². The predicted molar refractivity (Wildman–Crippen MR) is 82.7 cm³/mol. The molecule has 2 rings (SSSR count). The molecule has 1 aliphatic rings. The van der Waals surface area contributed by atoms with E-state index in [1.807, 2.05) is 23.9 Å². The summed E-state index contributed by atoms with van der Waals surface area (Å²) in [6, 6.07) is 6.23. The van der Waals surface area contributed by atoms with Crippen LogP contribution >= 0.6 is 27.7 Å². The van der Waals surface area contributed by atoms with Crippen LogP contribution in [-0.4, -0.2) is 30.2 Å². The van der Waals surface area contributed by atoms with Crippen molar-refractivity contribution in [1.29, 1.82) is 0 Å². The minimum Gasteiger partial charge on any atom is -0.488 e. The standard InChI is InChI=1S/C14H20BrNOS/c1-14(2,18-3)9-16-8-12-7-10-6-11(15)4-5-13(10)17-12/h4-6,12,16H,7-9H2,1-3H3. The molecule has 0 bridgehead atoms. The van der Waals surface area contributed by atoms with E-state index in [9.17, 15) is 0 Å². The van der Waals surface area contributed by atoms with E-state index in [1.54, 1.807) is 0 Å². The van der Waals surface area contributed by atoms with Crippen LogP contribution in [0.3, 0.4) is 0 Å². The van der Waals surface area contributed by atoms with Crippen LogP contribution < -0.4 is 10.1 Å². The van der Waals surface area contributed by atoms with Crippen LogP contribution in [-0.2, 0) is 6.42 Å². The number of rotatable bonds is 5. The minimum absolute atomic E-state index is 0.270. The molecule has 0 fully saturated rings. The third-order valence-corrected chi connectivity index (χ3v) is 4.98. The van der Waals surface area contributed by atoms with Crippen molar-refractivity contribution in [3.63, 3.8) is 0 Å². The fourth-order valence-electron chi connectivity index (χ4n) is 2.01. The monoisotopic (exact) mass is 329 g/mol. The molecular formula is C14H20BrNOS. The summed E-state index contributed by atoms with van der Waals surface area (Å²) in [6.45, 7) is 6.43. The number of benzene rings is 1. The summed E-state index contributed by atoms with van der Waals surface area (Å²) >= 11 is 5.39. The van der Waals surface area contributed by atoms with Crippen LogP contribution in [0.2, 0.25) is 0 Å². The number of hydrogen-bond acceptors (Lipinski definition) is 3. The SMILES string of the molecule is CSC(C)(C)CNCC1Cc2cc(Br)ccc2O1. The number of fused-ring (bicyclic) bond motifs is 1. The van der Waals surface area contributed by atoms with Crippen molar-refractivity contribution in [2.24, 2.45) is 0 Å². The molecule has 4 heteroatoms. The lowest BCUT2D eigenvalue weighted by Crippen LogP contribution is -2.38. The van der Waals surface area contributed by atoms with E-state index in [0.717, 1.165) is 29.7 Å². The van der Waals surface area contributed by atoms with Gasteiger partial charge in [0.25, 0.3) is 0 Å². The zero-order valence-electron chi connectivity index (χ0n) is 11.1. The molecule has 1 aromatic carbocycles. The summed E-state index contributed by atoms with van der Waals surface area (Å²) in [4.78, 5) is 0. The molecule has 0 saturated carbocycles. The van der Waals surface area contributed by atoms with Gasteiger partial charge in [0.1, 0.15) is 11.9 Å². The number of nitrogens with one attached hydrogen (secondary N) is 1. The molecule has 1 aromatic rings. The van der Waals surface area contributed by atoms with Gasteiger partial charge in [-0.2, -0.15) is 11.8 Å². The average Bonchev–Trinajstić information content (AvgIpc) is 2.70. The number of ether oxygens (including phenoxy) is 1. The average molecular weight is 330 g/mol. The fraction of sp³-hybridized carbons (Fsp3) is 0.571. The Morgan fingerprint density at radius 2 is 2.28 bits per heavy atom. The molecule has 100 valence electrons. The Balaban J connectivity index is 1.81. The highest BCUT2D eigenvalue weighted by Crippen LogP contribution is 2.31. The van der Waals surface area contributed by atoms with Gasteiger partial charge >= 0.3 is 0 Å². The summed E-state index contributed by atoms with van der Waals surface area (Å²) in [6.07, 6.45) is 3.43. The number of halogens is 1. The maximum Gasteiger partial charge on any atom is 0.123 e. The zero-order valence-corrected chi connectivity index (χ0v) is 13.5. The van der Waals surface area contributed by atoms with E-state index in [1.165, 1.54) is 5.56 Å². The van der Waals surface area contributed by atoms with Gasteiger partial charge in [0.05, 0.1) is 0 Å². The molecule has 0 aromatic heterocycles. The van der Waals surface area contributed by atoms with Crippen LogP contribution in [0.25, 0.3) is 0 Å². The Morgan fingerprint density at radius 1 is 1.50 bits per heavy atom. The van der Waals surface area contributed by atoms with Crippen LogP contribution in [0.1, 0.15) is 19.4 Å². The molecule has 1 atom stereocenters. The summed E-state index contributed by atoms with van der Waals surface area (Å²) in [5.41, 5.74) is 1.31. The normalized spacial score (nSPS) is 18.6. The van der Waals surface area contributed by atoms with Gasteiger partial charge < -0.3 is 10.1 Å². The van der Waals surface area contributed by atoms with Gasteiger partial charge in [0, 0.05) is 28.7 Å². The van der Waals surface area contributed by atoms with Gasteiger partial charge in [-0.3, -0.25) is 0 Å². The molecule has 0 spiro atoms. The van der Waals surface area contributed by atoms with Gasteiger partial charge in [-0.05, 0) is 43.9 Å². The van der Waals surface area contributed by atoms with Crippen molar-refractivity contribution >= 4 is 27.7 Å². The van der Waals surface area contributed by atoms with E-state index in [2.05, 4.69) is 47.4 Å². The van der Waals surface area contributed by atoms with Gasteiger partial charge in [0.15, 0.2) is 0 Å². The molecule has 18 heavy (non-hydrogen) atoms. The molecule has 0 aliphatic carbocycles. The van der Waals surface area contributed by atoms with Crippen LogP contribution in [0.15, 0.2) is 22.7 Å².